The maximum atomic E-state index is 12.6. The number of nitrogens with one attached hydrogen (secondary N) is 1. The van der Waals surface area contributed by atoms with Gasteiger partial charge in [0.25, 0.3) is 5.91 Å². The molecule has 26 heavy (non-hydrogen) atoms. The zero-order valence-electron chi connectivity index (χ0n) is 15.4. The molecule has 5 heteroatoms. The van der Waals surface area contributed by atoms with Gasteiger partial charge in [-0.05, 0) is 43.4 Å². The van der Waals surface area contributed by atoms with Crippen LogP contribution >= 0.6 is 15.9 Å². The number of hydrogen-bond acceptors (Lipinski definition) is 2. The maximum Gasteiger partial charge on any atom is 0.253 e. The third-order valence-corrected chi connectivity index (χ3v) is 6.22. The topological polar surface area (TPSA) is 49.4 Å². The summed E-state index contributed by atoms with van der Waals surface area (Å²) in [4.78, 5) is 26.7. The Morgan fingerprint density at radius 1 is 1.08 bits per heavy atom. The molecule has 1 aliphatic carbocycles. The molecular weight excluding hydrogens is 392 g/mol. The Balaban J connectivity index is 1.39. The number of halogens is 1. The van der Waals surface area contributed by atoms with Gasteiger partial charge in [0.1, 0.15) is 0 Å². The quantitative estimate of drug-likeness (QED) is 0.760. The predicted molar refractivity (Wildman–Crippen MR) is 107 cm³/mol. The van der Waals surface area contributed by atoms with Gasteiger partial charge in [-0.3, -0.25) is 9.59 Å². The first kappa shape index (κ1) is 19.4. The molecule has 0 spiro atoms. The van der Waals surface area contributed by atoms with Crippen LogP contribution in [0.5, 0.6) is 0 Å². The zero-order valence-corrected chi connectivity index (χ0v) is 17.0. The molecule has 2 aliphatic rings. The van der Waals surface area contributed by atoms with Crippen molar-refractivity contribution in [3.8, 4) is 0 Å². The molecule has 0 aromatic heterocycles. The van der Waals surface area contributed by atoms with Crippen LogP contribution < -0.4 is 5.32 Å². The molecule has 1 saturated carbocycles. The average molecular weight is 421 g/mol. The van der Waals surface area contributed by atoms with Crippen LogP contribution in [-0.4, -0.2) is 35.8 Å². The van der Waals surface area contributed by atoms with Crippen LogP contribution in [0.4, 0.5) is 0 Å². The van der Waals surface area contributed by atoms with E-state index in [1.807, 2.05) is 29.2 Å². The summed E-state index contributed by atoms with van der Waals surface area (Å²) in [6.07, 6.45) is 9.98. The lowest BCUT2D eigenvalue weighted by Crippen LogP contribution is -2.46. The largest absolute Gasteiger partial charge is 0.353 e. The van der Waals surface area contributed by atoms with E-state index in [0.717, 1.165) is 29.7 Å². The van der Waals surface area contributed by atoms with Crippen molar-refractivity contribution < 1.29 is 9.59 Å². The molecule has 1 aliphatic heterocycles. The summed E-state index contributed by atoms with van der Waals surface area (Å²) in [7, 11) is 0. The van der Waals surface area contributed by atoms with Gasteiger partial charge in [0.05, 0.1) is 0 Å². The van der Waals surface area contributed by atoms with Crippen LogP contribution in [0.15, 0.2) is 28.7 Å². The number of nitrogens with zero attached hydrogens (tertiary/aromatic N) is 1. The smallest absolute Gasteiger partial charge is 0.253 e. The molecule has 0 bridgehead atoms. The molecule has 142 valence electrons. The van der Waals surface area contributed by atoms with Crippen molar-refractivity contribution in [1.82, 2.24) is 10.2 Å². The van der Waals surface area contributed by atoms with Crippen molar-refractivity contribution in [2.24, 2.45) is 5.92 Å². The summed E-state index contributed by atoms with van der Waals surface area (Å²) in [5.41, 5.74) is 0.717. The first-order chi connectivity index (χ1) is 12.6. The highest BCUT2D eigenvalue weighted by Gasteiger charge is 2.25. The second kappa shape index (κ2) is 9.54. The molecular formula is C21H29BrN2O2. The molecule has 1 aromatic carbocycles. The molecule has 0 unspecified atom stereocenters. The van der Waals surface area contributed by atoms with Crippen molar-refractivity contribution in [1.29, 1.82) is 0 Å². The maximum absolute atomic E-state index is 12.6. The fourth-order valence-electron chi connectivity index (χ4n) is 4.14. The van der Waals surface area contributed by atoms with Crippen LogP contribution in [0.25, 0.3) is 0 Å². The van der Waals surface area contributed by atoms with E-state index in [1.165, 1.54) is 32.1 Å². The Hall–Kier alpha value is -1.36. The minimum Gasteiger partial charge on any atom is -0.353 e. The summed E-state index contributed by atoms with van der Waals surface area (Å²) < 4.78 is 0.920. The number of carbonyl (C=O) groups excluding carboxylic acids is 2. The van der Waals surface area contributed by atoms with Crippen molar-refractivity contribution in [2.75, 3.05) is 13.1 Å². The first-order valence-corrected chi connectivity index (χ1v) is 10.8. The van der Waals surface area contributed by atoms with Gasteiger partial charge in [-0.1, -0.05) is 54.1 Å². The molecule has 0 atom stereocenters. The highest BCUT2D eigenvalue weighted by atomic mass is 79.9. The normalized spacial score (nSPS) is 19.3. The molecule has 4 nitrogen and oxygen atoms in total. The summed E-state index contributed by atoms with van der Waals surface area (Å²) >= 11 is 3.42. The third-order valence-electron chi connectivity index (χ3n) is 5.72. The molecule has 1 aromatic rings. The van der Waals surface area contributed by atoms with Gasteiger partial charge in [0.15, 0.2) is 0 Å². The fourth-order valence-corrected chi connectivity index (χ4v) is 4.54. The van der Waals surface area contributed by atoms with Crippen molar-refractivity contribution in [3.05, 3.63) is 34.3 Å². The van der Waals surface area contributed by atoms with E-state index in [1.54, 1.807) is 0 Å². The van der Waals surface area contributed by atoms with E-state index in [2.05, 4.69) is 21.2 Å². The van der Waals surface area contributed by atoms with Crippen molar-refractivity contribution in [3.63, 3.8) is 0 Å². The highest BCUT2D eigenvalue weighted by molar-refractivity contribution is 9.10. The minimum absolute atomic E-state index is 0.0772. The Morgan fingerprint density at radius 3 is 2.50 bits per heavy atom. The Morgan fingerprint density at radius 2 is 1.81 bits per heavy atom. The minimum atomic E-state index is 0.0772. The van der Waals surface area contributed by atoms with Crippen LogP contribution in [0.3, 0.4) is 0 Å². The summed E-state index contributed by atoms with van der Waals surface area (Å²) in [5.74, 6) is 1.01. The lowest BCUT2D eigenvalue weighted by molar-refractivity contribution is -0.122. The fraction of sp³-hybridized carbons (Fsp3) is 0.619. The molecule has 2 amide bonds. The number of hydrogen-bond donors (Lipinski definition) is 1. The van der Waals surface area contributed by atoms with Crippen LogP contribution in [-0.2, 0) is 4.79 Å². The predicted octanol–water partition coefficient (Wildman–Crippen LogP) is 4.53. The van der Waals surface area contributed by atoms with E-state index < -0.39 is 0 Å². The van der Waals surface area contributed by atoms with Crippen molar-refractivity contribution >= 4 is 27.7 Å². The third kappa shape index (κ3) is 5.57. The Bertz CT molecular complexity index is 620. The number of piperidine rings is 1. The van der Waals surface area contributed by atoms with Gasteiger partial charge in [-0.15, -0.1) is 0 Å². The van der Waals surface area contributed by atoms with Gasteiger partial charge in [-0.2, -0.15) is 0 Å². The second-order valence-electron chi connectivity index (χ2n) is 7.69. The van der Waals surface area contributed by atoms with E-state index in [-0.39, 0.29) is 17.9 Å². The van der Waals surface area contributed by atoms with E-state index in [0.29, 0.717) is 25.1 Å². The van der Waals surface area contributed by atoms with Crippen molar-refractivity contribution in [2.45, 2.75) is 63.8 Å². The van der Waals surface area contributed by atoms with Gasteiger partial charge >= 0.3 is 0 Å². The number of rotatable bonds is 5. The summed E-state index contributed by atoms with van der Waals surface area (Å²) in [6.45, 7) is 1.41. The van der Waals surface area contributed by atoms with Crippen LogP contribution in [0, 0.1) is 5.92 Å². The number of amides is 2. The van der Waals surface area contributed by atoms with Crippen LogP contribution in [0.2, 0.25) is 0 Å². The Kier molecular flexibility index (Phi) is 7.12. The van der Waals surface area contributed by atoms with E-state index >= 15 is 0 Å². The average Bonchev–Trinajstić information content (AvgIpc) is 2.67. The molecule has 2 fully saturated rings. The molecule has 3 rings (SSSR count). The lowest BCUT2D eigenvalue weighted by atomic mass is 9.86. The lowest BCUT2D eigenvalue weighted by Gasteiger charge is -2.32. The van der Waals surface area contributed by atoms with E-state index in [9.17, 15) is 9.59 Å². The van der Waals surface area contributed by atoms with Gasteiger partial charge in [0, 0.05) is 35.6 Å². The number of likely N-dealkylation sites (tertiary alicyclic amines) is 1. The van der Waals surface area contributed by atoms with Crippen LogP contribution in [0.1, 0.15) is 68.1 Å². The van der Waals surface area contributed by atoms with Gasteiger partial charge < -0.3 is 10.2 Å². The summed E-state index contributed by atoms with van der Waals surface area (Å²) in [5, 5.41) is 3.18. The monoisotopic (exact) mass is 420 g/mol. The number of carbonyl (C=O) groups is 2. The summed E-state index contributed by atoms with van der Waals surface area (Å²) in [6, 6.07) is 7.73. The van der Waals surface area contributed by atoms with Gasteiger partial charge in [-0.25, -0.2) is 0 Å². The second-order valence-corrected chi connectivity index (χ2v) is 8.60. The molecule has 1 saturated heterocycles. The molecule has 0 radical (unpaired) electrons. The van der Waals surface area contributed by atoms with Gasteiger partial charge in [0.2, 0.25) is 5.91 Å². The first-order valence-electron chi connectivity index (χ1n) is 9.96. The SMILES string of the molecule is O=C(CCC1CCCCC1)NC1CCN(C(=O)c2cccc(Br)c2)CC1. The number of benzene rings is 1. The molecule has 1 heterocycles. The molecule has 1 N–H and O–H groups in total. The van der Waals surface area contributed by atoms with E-state index in [4.69, 9.17) is 0 Å². The zero-order chi connectivity index (χ0) is 18.4. The Labute approximate surface area is 164 Å². The standard InChI is InChI=1S/C21H29BrN2O2/c22-18-8-4-7-17(15-18)21(26)24-13-11-19(12-14-24)23-20(25)10-9-16-5-2-1-3-6-16/h4,7-8,15-16,19H,1-3,5-6,9-14H2,(H,23,25). The highest BCUT2D eigenvalue weighted by Crippen LogP contribution is 2.27.